The molecule has 0 bridgehead atoms. The molecule has 1 rings (SSSR count). The monoisotopic (exact) mass is 491 g/mol. The number of benzene rings is 1. The summed E-state index contributed by atoms with van der Waals surface area (Å²) in [6.45, 7) is 13.5. The number of carbonyl (C=O) groups excluding carboxylic acids is 4. The van der Waals surface area contributed by atoms with Crippen molar-refractivity contribution < 1.29 is 33.8 Å². The minimum Gasteiger partial charge on any atom is -0.508 e. The molecule has 4 N–H and O–H groups in total. The Balaban J connectivity index is 3.01. The van der Waals surface area contributed by atoms with E-state index in [1.165, 1.54) is 25.1 Å². The Kier molecular flexibility index (Phi) is 11.2. The number of ether oxygens (including phenoxy) is 2. The van der Waals surface area contributed by atoms with Gasteiger partial charge in [0.05, 0.1) is 0 Å². The van der Waals surface area contributed by atoms with Gasteiger partial charge in [-0.2, -0.15) is 0 Å². The molecule has 0 heterocycles. The summed E-state index contributed by atoms with van der Waals surface area (Å²) in [4.78, 5) is 50.4. The Morgan fingerprint density at radius 1 is 1.00 bits per heavy atom. The molecule has 0 fully saturated rings. The van der Waals surface area contributed by atoms with E-state index in [0.717, 1.165) is 0 Å². The van der Waals surface area contributed by atoms with Crippen molar-refractivity contribution in [1.29, 1.82) is 0 Å². The molecule has 10 nitrogen and oxygen atoms in total. The number of carbonyl (C=O) groups is 4. The molecular weight excluding hydrogens is 454 g/mol. The number of esters is 1. The zero-order chi connectivity index (χ0) is 26.8. The Morgan fingerprint density at radius 2 is 1.60 bits per heavy atom. The molecule has 0 aliphatic carbocycles. The topological polar surface area (TPSA) is 143 Å². The van der Waals surface area contributed by atoms with Crippen molar-refractivity contribution in [1.82, 2.24) is 16.0 Å². The lowest BCUT2D eigenvalue weighted by atomic mass is 10.0. The van der Waals surface area contributed by atoms with Gasteiger partial charge in [0.1, 0.15) is 36.1 Å². The first-order valence-electron chi connectivity index (χ1n) is 11.4. The van der Waals surface area contributed by atoms with Crippen LogP contribution in [0.3, 0.4) is 0 Å². The van der Waals surface area contributed by atoms with Crippen molar-refractivity contribution in [2.75, 3.05) is 6.61 Å². The van der Waals surface area contributed by atoms with Crippen molar-refractivity contribution in [3.05, 3.63) is 42.5 Å². The predicted molar refractivity (Wildman–Crippen MR) is 130 cm³/mol. The molecule has 0 aliphatic heterocycles. The second kappa shape index (κ2) is 13.4. The first kappa shape index (κ1) is 29.5. The number of hydrogen-bond donors (Lipinski definition) is 4. The summed E-state index contributed by atoms with van der Waals surface area (Å²) in [5.74, 6) is -2.08. The summed E-state index contributed by atoms with van der Waals surface area (Å²) in [5, 5.41) is 17.3. The van der Waals surface area contributed by atoms with Crippen LogP contribution in [0.1, 0.15) is 47.1 Å². The van der Waals surface area contributed by atoms with Gasteiger partial charge in [-0.25, -0.2) is 9.59 Å². The van der Waals surface area contributed by atoms with Gasteiger partial charge in [-0.1, -0.05) is 38.6 Å². The molecule has 1 aromatic rings. The number of phenolic OH excluding ortho intramolecular Hbond substituents is 1. The fourth-order valence-corrected chi connectivity index (χ4v) is 2.94. The van der Waals surface area contributed by atoms with Crippen LogP contribution in [0.25, 0.3) is 0 Å². The molecule has 10 heteroatoms. The normalized spacial score (nSPS) is 13.7. The summed E-state index contributed by atoms with van der Waals surface area (Å²) in [5.41, 5.74) is -0.108. The molecule has 3 atom stereocenters. The molecular formula is C25H37N3O7. The van der Waals surface area contributed by atoms with Gasteiger partial charge in [0.25, 0.3) is 0 Å². The highest BCUT2D eigenvalue weighted by Gasteiger charge is 2.31. The number of rotatable bonds is 11. The lowest BCUT2D eigenvalue weighted by Crippen LogP contribution is -2.57. The van der Waals surface area contributed by atoms with Gasteiger partial charge in [-0.05, 0) is 51.3 Å². The van der Waals surface area contributed by atoms with Crippen LogP contribution >= 0.6 is 0 Å². The minimum atomic E-state index is -1.07. The third-order valence-corrected chi connectivity index (χ3v) is 4.69. The van der Waals surface area contributed by atoms with Crippen molar-refractivity contribution in [3.8, 4) is 5.75 Å². The maximum atomic E-state index is 13.2. The van der Waals surface area contributed by atoms with Gasteiger partial charge < -0.3 is 30.5 Å². The van der Waals surface area contributed by atoms with E-state index in [1.54, 1.807) is 46.8 Å². The Bertz CT molecular complexity index is 891. The summed E-state index contributed by atoms with van der Waals surface area (Å²) in [7, 11) is 0. The molecule has 0 saturated heterocycles. The largest absolute Gasteiger partial charge is 0.508 e. The van der Waals surface area contributed by atoms with Crippen LogP contribution in [0.2, 0.25) is 0 Å². The first-order valence-corrected chi connectivity index (χ1v) is 11.4. The van der Waals surface area contributed by atoms with Crippen LogP contribution < -0.4 is 16.0 Å². The van der Waals surface area contributed by atoms with Gasteiger partial charge in [0, 0.05) is 6.42 Å². The summed E-state index contributed by atoms with van der Waals surface area (Å²) in [6, 6.07) is 3.18. The molecule has 0 radical (unpaired) electrons. The highest BCUT2D eigenvalue weighted by molar-refractivity contribution is 5.93. The molecule has 0 spiro atoms. The fourth-order valence-electron chi connectivity index (χ4n) is 2.94. The van der Waals surface area contributed by atoms with Gasteiger partial charge in [0.15, 0.2) is 0 Å². The van der Waals surface area contributed by atoms with Gasteiger partial charge >= 0.3 is 12.1 Å². The van der Waals surface area contributed by atoms with Crippen LogP contribution in [0, 0.1) is 5.92 Å². The maximum Gasteiger partial charge on any atom is 0.408 e. The lowest BCUT2D eigenvalue weighted by Gasteiger charge is -2.27. The van der Waals surface area contributed by atoms with Crippen molar-refractivity contribution in [2.45, 2.75) is 71.7 Å². The van der Waals surface area contributed by atoms with Crippen LogP contribution in [0.5, 0.6) is 5.75 Å². The third kappa shape index (κ3) is 10.9. The van der Waals surface area contributed by atoms with Gasteiger partial charge in [0.2, 0.25) is 11.8 Å². The molecule has 1 aromatic carbocycles. The Labute approximate surface area is 206 Å². The van der Waals surface area contributed by atoms with Crippen LogP contribution in [0.4, 0.5) is 4.79 Å². The second-order valence-electron chi connectivity index (χ2n) is 9.45. The molecule has 0 aliphatic rings. The molecule has 35 heavy (non-hydrogen) atoms. The maximum absolute atomic E-state index is 13.2. The Morgan fingerprint density at radius 3 is 2.11 bits per heavy atom. The number of phenols is 1. The smallest absolute Gasteiger partial charge is 0.408 e. The van der Waals surface area contributed by atoms with E-state index in [4.69, 9.17) is 9.47 Å². The fraction of sp³-hybridized carbons (Fsp3) is 0.520. The molecule has 0 aromatic heterocycles. The average molecular weight is 492 g/mol. The van der Waals surface area contributed by atoms with E-state index >= 15 is 0 Å². The Hall–Kier alpha value is -3.56. The van der Waals surface area contributed by atoms with E-state index < -0.39 is 47.6 Å². The number of hydrogen-bond acceptors (Lipinski definition) is 7. The van der Waals surface area contributed by atoms with E-state index in [1.807, 2.05) is 0 Å². The van der Waals surface area contributed by atoms with Crippen LogP contribution in [0.15, 0.2) is 36.9 Å². The predicted octanol–water partition coefficient (Wildman–Crippen LogP) is 2.20. The average Bonchev–Trinajstić information content (AvgIpc) is 2.74. The highest BCUT2D eigenvalue weighted by Crippen LogP contribution is 2.13. The van der Waals surface area contributed by atoms with Crippen LogP contribution in [-0.4, -0.2) is 59.3 Å². The number of nitrogens with one attached hydrogen (secondary N) is 3. The lowest BCUT2D eigenvalue weighted by molar-refractivity contribution is -0.146. The summed E-state index contributed by atoms with van der Waals surface area (Å²) in [6.07, 6.45) is 0.706. The zero-order valence-electron chi connectivity index (χ0n) is 21.2. The third-order valence-electron chi connectivity index (χ3n) is 4.69. The molecule has 1 unspecified atom stereocenters. The SMILES string of the molecule is C=CCOC(=O)[C@H](C)NC(=O)C(NC(=O)[C@H](Cc1ccc(O)cc1)NC(=O)OC(C)(C)C)C(C)C. The van der Waals surface area contributed by atoms with Gasteiger partial charge in [-0.15, -0.1) is 0 Å². The second-order valence-corrected chi connectivity index (χ2v) is 9.45. The van der Waals surface area contributed by atoms with Crippen molar-refractivity contribution >= 4 is 23.9 Å². The quantitative estimate of drug-likeness (QED) is 0.274. The van der Waals surface area contributed by atoms with E-state index in [-0.39, 0.29) is 24.7 Å². The minimum absolute atomic E-state index is 0.0126. The van der Waals surface area contributed by atoms with E-state index in [9.17, 15) is 24.3 Å². The zero-order valence-corrected chi connectivity index (χ0v) is 21.2. The highest BCUT2D eigenvalue weighted by atomic mass is 16.6. The number of aromatic hydroxyl groups is 1. The van der Waals surface area contributed by atoms with E-state index in [0.29, 0.717) is 5.56 Å². The molecule has 0 saturated carbocycles. The molecule has 3 amide bonds. The first-order chi connectivity index (χ1) is 16.2. The van der Waals surface area contributed by atoms with Crippen molar-refractivity contribution in [3.63, 3.8) is 0 Å². The number of amides is 3. The standard InChI is InChI=1S/C25H37N3O7/c1-8-13-34-23(32)16(4)26-22(31)20(15(2)3)28-21(30)19(27-24(33)35-25(5,6)7)14-17-9-11-18(29)12-10-17/h8-12,15-16,19-20,29H,1,13-14H2,2-7H3,(H,26,31)(H,27,33)(H,28,30)/t16-,19-,20?/m0/s1. The number of alkyl carbamates (subject to hydrolysis) is 1. The molecule has 194 valence electrons. The summed E-state index contributed by atoms with van der Waals surface area (Å²) >= 11 is 0. The van der Waals surface area contributed by atoms with Crippen molar-refractivity contribution in [2.24, 2.45) is 5.92 Å². The van der Waals surface area contributed by atoms with Gasteiger partial charge in [-0.3, -0.25) is 9.59 Å². The summed E-state index contributed by atoms with van der Waals surface area (Å²) < 4.78 is 10.2. The van der Waals surface area contributed by atoms with Crippen LogP contribution in [-0.2, 0) is 30.3 Å². The van der Waals surface area contributed by atoms with E-state index in [2.05, 4.69) is 22.5 Å².